The van der Waals surface area contributed by atoms with Crippen molar-refractivity contribution in [2.24, 2.45) is 0 Å². The fourth-order valence-corrected chi connectivity index (χ4v) is 3.38. The third kappa shape index (κ3) is 2.22. The van der Waals surface area contributed by atoms with Gasteiger partial charge < -0.3 is 10.7 Å². The Hall–Kier alpha value is -1.30. The third-order valence-electron chi connectivity index (χ3n) is 3.11. The zero-order valence-corrected chi connectivity index (χ0v) is 10.3. The number of hydrogen-bond acceptors (Lipinski definition) is 5. The number of hydrogen-bond donors (Lipinski definition) is 2. The molecule has 0 spiro atoms. The van der Waals surface area contributed by atoms with Gasteiger partial charge in [-0.2, -0.15) is 0 Å². The van der Waals surface area contributed by atoms with Crippen LogP contribution >= 0.6 is 11.8 Å². The summed E-state index contributed by atoms with van der Waals surface area (Å²) >= 11 is 1.75. The van der Waals surface area contributed by atoms with Crippen molar-refractivity contribution in [2.45, 2.75) is 42.5 Å². The van der Waals surface area contributed by atoms with Crippen LogP contribution in [0.25, 0.3) is 11.2 Å². The number of imidazole rings is 1. The van der Waals surface area contributed by atoms with E-state index in [1.54, 1.807) is 18.1 Å². The number of anilines is 1. The van der Waals surface area contributed by atoms with Crippen LogP contribution in [-0.4, -0.2) is 25.2 Å². The monoisotopic (exact) mass is 249 g/mol. The van der Waals surface area contributed by atoms with Crippen molar-refractivity contribution in [1.82, 2.24) is 19.9 Å². The van der Waals surface area contributed by atoms with E-state index in [-0.39, 0.29) is 0 Å². The quantitative estimate of drug-likeness (QED) is 0.799. The summed E-state index contributed by atoms with van der Waals surface area (Å²) < 4.78 is 0. The minimum Gasteiger partial charge on any atom is -0.382 e. The molecule has 0 unspecified atom stereocenters. The highest BCUT2D eigenvalue weighted by molar-refractivity contribution is 7.99. The van der Waals surface area contributed by atoms with E-state index in [2.05, 4.69) is 19.9 Å². The predicted octanol–water partition coefficient (Wildman–Crippen LogP) is 2.36. The lowest BCUT2D eigenvalue weighted by atomic mass is 10.0. The largest absolute Gasteiger partial charge is 0.382 e. The van der Waals surface area contributed by atoms with Crippen molar-refractivity contribution < 1.29 is 0 Å². The van der Waals surface area contributed by atoms with Crippen molar-refractivity contribution in [1.29, 1.82) is 0 Å². The number of nitrogen functional groups attached to an aromatic ring is 1. The number of nitrogens with two attached hydrogens (primary N) is 1. The van der Waals surface area contributed by atoms with Crippen molar-refractivity contribution in [3.05, 3.63) is 6.33 Å². The van der Waals surface area contributed by atoms with Crippen LogP contribution in [0.1, 0.15) is 32.1 Å². The van der Waals surface area contributed by atoms with Crippen LogP contribution < -0.4 is 5.73 Å². The molecule has 0 radical (unpaired) electrons. The van der Waals surface area contributed by atoms with Gasteiger partial charge in [0.2, 0.25) is 0 Å². The average Bonchev–Trinajstić information content (AvgIpc) is 2.79. The first-order chi connectivity index (χ1) is 8.33. The van der Waals surface area contributed by atoms with E-state index in [9.17, 15) is 0 Å². The molecule has 0 bridgehead atoms. The summed E-state index contributed by atoms with van der Waals surface area (Å²) in [6.45, 7) is 0. The average molecular weight is 249 g/mol. The second-order valence-corrected chi connectivity index (χ2v) is 5.64. The molecule has 90 valence electrons. The Balaban J connectivity index is 1.84. The molecule has 17 heavy (non-hydrogen) atoms. The van der Waals surface area contributed by atoms with Gasteiger partial charge >= 0.3 is 0 Å². The molecule has 5 nitrogen and oxygen atoms in total. The summed E-state index contributed by atoms with van der Waals surface area (Å²) in [5, 5.41) is 1.41. The Labute approximate surface area is 104 Å². The lowest BCUT2D eigenvalue weighted by Crippen LogP contribution is -2.09. The van der Waals surface area contributed by atoms with Gasteiger partial charge in [-0.3, -0.25) is 0 Å². The number of aromatic nitrogens is 4. The molecule has 2 aromatic heterocycles. The van der Waals surface area contributed by atoms with Crippen molar-refractivity contribution >= 4 is 28.7 Å². The molecule has 0 aliphatic heterocycles. The first kappa shape index (κ1) is 10.8. The lowest BCUT2D eigenvalue weighted by Gasteiger charge is -2.19. The summed E-state index contributed by atoms with van der Waals surface area (Å²) in [7, 11) is 0. The van der Waals surface area contributed by atoms with Gasteiger partial charge in [0.05, 0.1) is 6.33 Å². The van der Waals surface area contributed by atoms with Crippen LogP contribution in [0.5, 0.6) is 0 Å². The van der Waals surface area contributed by atoms with Gasteiger partial charge in [-0.25, -0.2) is 15.0 Å². The molecule has 6 heteroatoms. The maximum atomic E-state index is 5.86. The first-order valence-electron chi connectivity index (χ1n) is 5.96. The molecule has 3 N–H and O–H groups in total. The number of aromatic amines is 1. The second kappa shape index (κ2) is 4.52. The number of rotatable bonds is 2. The van der Waals surface area contributed by atoms with E-state index in [1.807, 2.05) is 0 Å². The van der Waals surface area contributed by atoms with Gasteiger partial charge in [-0.05, 0) is 12.8 Å². The third-order valence-corrected chi connectivity index (χ3v) is 4.31. The SMILES string of the molecule is Nc1nc(SC2CCCCC2)nc2[nH]cnc12. The number of fused-ring (bicyclic) bond motifs is 1. The smallest absolute Gasteiger partial charge is 0.191 e. The van der Waals surface area contributed by atoms with E-state index in [0.717, 1.165) is 10.8 Å². The summed E-state index contributed by atoms with van der Waals surface area (Å²) in [6.07, 6.45) is 8.12. The molecule has 2 heterocycles. The normalized spacial score (nSPS) is 17.6. The highest BCUT2D eigenvalue weighted by Crippen LogP contribution is 2.32. The maximum Gasteiger partial charge on any atom is 0.191 e. The predicted molar refractivity (Wildman–Crippen MR) is 68.8 cm³/mol. The van der Waals surface area contributed by atoms with E-state index in [1.165, 1.54) is 32.1 Å². The van der Waals surface area contributed by atoms with Gasteiger partial charge in [0.15, 0.2) is 16.6 Å². The molecule has 3 rings (SSSR count). The summed E-state index contributed by atoms with van der Waals surface area (Å²) in [5.74, 6) is 0.467. The maximum absolute atomic E-state index is 5.86. The summed E-state index contributed by atoms with van der Waals surface area (Å²) in [5.41, 5.74) is 7.26. The van der Waals surface area contributed by atoms with E-state index in [4.69, 9.17) is 5.73 Å². The van der Waals surface area contributed by atoms with Gasteiger partial charge in [-0.1, -0.05) is 31.0 Å². The molecule has 0 atom stereocenters. The zero-order valence-electron chi connectivity index (χ0n) is 9.52. The van der Waals surface area contributed by atoms with Gasteiger partial charge in [-0.15, -0.1) is 0 Å². The number of nitrogens with one attached hydrogen (secondary N) is 1. The molecule has 2 aromatic rings. The first-order valence-corrected chi connectivity index (χ1v) is 6.84. The Morgan fingerprint density at radius 2 is 2.06 bits per heavy atom. The number of H-pyrrole nitrogens is 1. The number of nitrogens with zero attached hydrogens (tertiary/aromatic N) is 3. The Morgan fingerprint density at radius 1 is 1.24 bits per heavy atom. The molecule has 0 saturated heterocycles. The molecular weight excluding hydrogens is 234 g/mol. The Kier molecular flexibility index (Phi) is 2.88. The molecule has 0 aromatic carbocycles. The molecule has 1 saturated carbocycles. The van der Waals surface area contributed by atoms with E-state index in [0.29, 0.717) is 16.6 Å². The molecular formula is C11H15N5S. The topological polar surface area (TPSA) is 80.5 Å². The van der Waals surface area contributed by atoms with Gasteiger partial charge in [0.25, 0.3) is 0 Å². The van der Waals surface area contributed by atoms with Crippen LogP contribution in [0, 0.1) is 0 Å². The van der Waals surface area contributed by atoms with Crippen LogP contribution in [-0.2, 0) is 0 Å². The Morgan fingerprint density at radius 3 is 2.88 bits per heavy atom. The van der Waals surface area contributed by atoms with Crippen molar-refractivity contribution in [3.63, 3.8) is 0 Å². The second-order valence-electron chi connectivity index (χ2n) is 4.37. The van der Waals surface area contributed by atoms with Crippen LogP contribution in [0.3, 0.4) is 0 Å². The molecule has 1 aliphatic carbocycles. The van der Waals surface area contributed by atoms with Crippen LogP contribution in [0.2, 0.25) is 0 Å². The standard InChI is InChI=1S/C11H15N5S/c12-9-8-10(14-6-13-8)16-11(15-9)17-7-4-2-1-3-5-7/h6-7H,1-5H2,(H3,12,13,14,15,16). The van der Waals surface area contributed by atoms with Crippen LogP contribution in [0.15, 0.2) is 11.5 Å². The van der Waals surface area contributed by atoms with Crippen molar-refractivity contribution in [3.8, 4) is 0 Å². The fraction of sp³-hybridized carbons (Fsp3) is 0.545. The molecule has 1 fully saturated rings. The van der Waals surface area contributed by atoms with E-state index >= 15 is 0 Å². The highest BCUT2D eigenvalue weighted by atomic mass is 32.2. The van der Waals surface area contributed by atoms with Gasteiger partial charge in [0, 0.05) is 5.25 Å². The minimum atomic E-state index is 0.467. The fourth-order valence-electron chi connectivity index (χ4n) is 2.22. The summed E-state index contributed by atoms with van der Waals surface area (Å²) in [4.78, 5) is 15.8. The minimum absolute atomic E-state index is 0.467. The van der Waals surface area contributed by atoms with Crippen molar-refractivity contribution in [2.75, 3.05) is 5.73 Å². The molecule has 0 amide bonds. The van der Waals surface area contributed by atoms with Crippen LogP contribution in [0.4, 0.5) is 5.82 Å². The summed E-state index contributed by atoms with van der Waals surface area (Å²) in [6, 6.07) is 0. The molecule has 1 aliphatic rings. The lowest BCUT2D eigenvalue weighted by molar-refractivity contribution is 0.515. The highest BCUT2D eigenvalue weighted by Gasteiger charge is 2.17. The zero-order chi connectivity index (χ0) is 11.7. The van der Waals surface area contributed by atoms with E-state index < -0.39 is 0 Å². The number of thioether (sulfide) groups is 1. The van der Waals surface area contributed by atoms with Gasteiger partial charge in [0.1, 0.15) is 5.52 Å². The Bertz CT molecular complexity index is 518.